The Morgan fingerprint density at radius 3 is 1.50 bits per heavy atom. The fourth-order valence-electron chi connectivity index (χ4n) is 6.66. The van der Waals surface area contributed by atoms with Crippen LogP contribution in [0.5, 0.6) is 0 Å². The Labute approximate surface area is 439 Å². The molecule has 0 atom stereocenters. The molecule has 74 heavy (non-hydrogen) atoms. The molecule has 22 heteroatoms. The first-order valence-corrected chi connectivity index (χ1v) is 24.1. The average molecular weight is 1050 g/mol. The van der Waals surface area contributed by atoms with E-state index in [0.29, 0.717) is 40.3 Å². The molecule has 0 saturated heterocycles. The van der Waals surface area contributed by atoms with Crippen LogP contribution in [0, 0.1) is 0 Å². The van der Waals surface area contributed by atoms with Gasteiger partial charge in [-0.3, -0.25) is 23.5 Å². The number of nitrogens with one attached hydrogen (secondary N) is 3. The van der Waals surface area contributed by atoms with Crippen LogP contribution in [0.15, 0.2) is 110 Å². The fourth-order valence-corrected chi connectivity index (χ4v) is 7.18. The molecule has 0 saturated carbocycles. The molecule has 8 aromatic rings. The lowest BCUT2D eigenvalue weighted by molar-refractivity contribution is 0.0522. The molecule has 6 heterocycles. The summed E-state index contributed by atoms with van der Waals surface area (Å²) in [4.78, 5) is 52.5. The maximum Gasteiger partial charge on any atom is 0.407 e. The van der Waals surface area contributed by atoms with Gasteiger partial charge in [0.2, 0.25) is 11.9 Å². The predicted molar refractivity (Wildman–Crippen MR) is 285 cm³/mol. The van der Waals surface area contributed by atoms with Crippen LogP contribution in [0.25, 0.3) is 22.5 Å². The highest BCUT2D eigenvalue weighted by Crippen LogP contribution is 2.28. The molecule has 0 aliphatic carbocycles. The molecule has 6 aromatic heterocycles. The maximum absolute atomic E-state index is 12.6. The standard InChI is InChI=1S/C24H26ClN7O.C20H23ClN6O2.C8H12N2O2/c1-24(2,3)32-14-18(12-28-32)22(33)8-7-16-5-6-17(11-20(16)25)21-9-10-26-23(30-21)29-19-13-27-31(4)15-19;1-20(2,3)29-19(28)23-10-14-6-5-13(9-16(14)21)17-7-8-22-18(26-17)25-15-11-24-27(4)12-15;1-8(2,3)10-5-6(4-9-10)7(11)12/h5-6,9-15H,7-8H2,1-4H3,(H,26,29,30);5-9,11-12H,10H2,1-4H3,(H,23,28)(H,22,25,26);4-5H,1-3H3,(H,11,12). The van der Waals surface area contributed by atoms with Crippen molar-refractivity contribution < 1.29 is 24.2 Å². The lowest BCUT2D eigenvalue weighted by Gasteiger charge is -2.19. The van der Waals surface area contributed by atoms with E-state index in [4.69, 9.17) is 33.0 Å². The molecule has 0 bridgehead atoms. The Morgan fingerprint density at radius 1 is 0.622 bits per heavy atom. The molecule has 0 aliphatic rings. The molecule has 20 nitrogen and oxygen atoms in total. The zero-order valence-electron chi connectivity index (χ0n) is 43.2. The first-order chi connectivity index (χ1) is 34.8. The number of benzene rings is 2. The molecular formula is C52H61Cl2N15O5. The Bertz CT molecular complexity index is 3210. The summed E-state index contributed by atoms with van der Waals surface area (Å²) in [6.07, 6.45) is 17.2. The van der Waals surface area contributed by atoms with Gasteiger partial charge in [-0.2, -0.15) is 20.4 Å². The van der Waals surface area contributed by atoms with Gasteiger partial charge in [0.15, 0.2) is 5.78 Å². The van der Waals surface area contributed by atoms with Gasteiger partial charge in [-0.05, 0) is 104 Å². The van der Waals surface area contributed by atoms with Crippen LogP contribution in [-0.2, 0) is 42.9 Å². The van der Waals surface area contributed by atoms with Gasteiger partial charge in [0, 0.05) is 85.4 Å². The molecule has 2 aromatic carbocycles. The van der Waals surface area contributed by atoms with Crippen LogP contribution < -0.4 is 16.0 Å². The summed E-state index contributed by atoms with van der Waals surface area (Å²) in [6, 6.07) is 15.0. The molecule has 4 N–H and O–H groups in total. The smallest absolute Gasteiger partial charge is 0.407 e. The van der Waals surface area contributed by atoms with E-state index in [-0.39, 0.29) is 29.0 Å². The Kier molecular flexibility index (Phi) is 17.7. The van der Waals surface area contributed by atoms with Crippen LogP contribution in [0.2, 0.25) is 10.0 Å². The van der Waals surface area contributed by atoms with Gasteiger partial charge in [-0.15, -0.1) is 0 Å². The normalized spacial score (nSPS) is 11.4. The highest BCUT2D eigenvalue weighted by molar-refractivity contribution is 6.32. The van der Waals surface area contributed by atoms with E-state index in [2.05, 4.69) is 56.3 Å². The number of anilines is 4. The molecule has 0 unspecified atom stereocenters. The van der Waals surface area contributed by atoms with E-state index in [1.807, 2.05) is 131 Å². The third kappa shape index (κ3) is 16.3. The number of nitrogens with zero attached hydrogens (tertiary/aromatic N) is 12. The number of halogens is 2. The summed E-state index contributed by atoms with van der Waals surface area (Å²) in [7, 11) is 3.68. The number of carbonyl (C=O) groups is 3. The maximum atomic E-state index is 12.6. The number of aromatic carboxylic acids is 1. The van der Waals surface area contributed by atoms with Crippen molar-refractivity contribution in [3.05, 3.63) is 143 Å². The monoisotopic (exact) mass is 1050 g/mol. The average Bonchev–Trinajstić information content (AvgIpc) is 4.17. The highest BCUT2D eigenvalue weighted by Gasteiger charge is 2.19. The number of Topliss-reactive ketones (excluding diaryl/α,β-unsaturated/α-hetero) is 1. The Balaban J connectivity index is 0.000000199. The predicted octanol–water partition coefficient (Wildman–Crippen LogP) is 10.7. The number of ketones is 1. The number of ether oxygens (including phenoxy) is 1. The molecular weight excluding hydrogens is 986 g/mol. The van der Waals surface area contributed by atoms with Crippen molar-refractivity contribution in [2.24, 2.45) is 14.1 Å². The summed E-state index contributed by atoms with van der Waals surface area (Å²) in [5, 5.41) is 35.2. The molecule has 1 amide bonds. The van der Waals surface area contributed by atoms with Crippen molar-refractivity contribution in [1.82, 2.24) is 64.4 Å². The summed E-state index contributed by atoms with van der Waals surface area (Å²) in [6.45, 7) is 17.7. The number of carbonyl (C=O) groups excluding carboxylic acids is 2. The number of aromatic nitrogens is 12. The first kappa shape index (κ1) is 55.3. The van der Waals surface area contributed by atoms with E-state index in [1.165, 1.54) is 12.4 Å². The molecule has 8 rings (SSSR count). The number of aryl methyl sites for hydroxylation is 3. The van der Waals surface area contributed by atoms with Crippen molar-refractivity contribution in [2.75, 3.05) is 10.6 Å². The molecule has 0 spiro atoms. The molecule has 388 valence electrons. The van der Waals surface area contributed by atoms with Crippen LogP contribution in [0.4, 0.5) is 28.1 Å². The fraction of sp³-hybridized carbons (Fsp3) is 0.327. The van der Waals surface area contributed by atoms with Crippen LogP contribution in [-0.4, -0.2) is 87.6 Å². The van der Waals surface area contributed by atoms with Gasteiger partial charge in [0.1, 0.15) is 5.60 Å². The minimum Gasteiger partial charge on any atom is -0.478 e. The lowest BCUT2D eigenvalue weighted by Crippen LogP contribution is -2.32. The van der Waals surface area contributed by atoms with Gasteiger partial charge in [-0.25, -0.2) is 29.5 Å². The van der Waals surface area contributed by atoms with Crippen LogP contribution in [0.1, 0.15) is 101 Å². The van der Waals surface area contributed by atoms with E-state index in [0.717, 1.165) is 45.0 Å². The molecule has 0 fully saturated rings. The minimum absolute atomic E-state index is 0.0487. The topological polar surface area (TPSA) is 240 Å². The summed E-state index contributed by atoms with van der Waals surface area (Å²) in [5.74, 6) is 0.0439. The van der Waals surface area contributed by atoms with E-state index >= 15 is 0 Å². The van der Waals surface area contributed by atoms with Crippen molar-refractivity contribution in [3.63, 3.8) is 0 Å². The van der Waals surface area contributed by atoms with Gasteiger partial charge in [0.25, 0.3) is 0 Å². The van der Waals surface area contributed by atoms with E-state index in [9.17, 15) is 14.4 Å². The van der Waals surface area contributed by atoms with Gasteiger partial charge < -0.3 is 25.8 Å². The zero-order chi connectivity index (χ0) is 54.0. The van der Waals surface area contributed by atoms with Crippen LogP contribution >= 0.6 is 23.2 Å². The number of amides is 1. The number of hydrogen-bond acceptors (Lipinski definition) is 14. The second kappa shape index (κ2) is 23.7. The van der Waals surface area contributed by atoms with Crippen molar-refractivity contribution in [2.45, 2.75) is 98.4 Å². The summed E-state index contributed by atoms with van der Waals surface area (Å²) >= 11 is 13.0. The number of alkyl carbamates (subject to hydrolysis) is 1. The van der Waals surface area contributed by atoms with Gasteiger partial charge in [-0.1, -0.05) is 47.5 Å². The molecule has 0 aliphatic heterocycles. The second-order valence-electron chi connectivity index (χ2n) is 20.0. The molecule has 0 radical (unpaired) electrons. The third-order valence-corrected chi connectivity index (χ3v) is 11.2. The van der Waals surface area contributed by atoms with Crippen molar-refractivity contribution >= 4 is 64.3 Å². The van der Waals surface area contributed by atoms with Gasteiger partial charge in [0.05, 0.1) is 69.8 Å². The highest BCUT2D eigenvalue weighted by atomic mass is 35.5. The quantitative estimate of drug-likeness (QED) is 0.0785. The Hall–Kier alpha value is -7.97. The number of rotatable bonds is 13. The lowest BCUT2D eigenvalue weighted by atomic mass is 10.0. The first-order valence-electron chi connectivity index (χ1n) is 23.4. The number of hydrogen-bond donors (Lipinski definition) is 4. The SMILES string of the molecule is CC(C)(C)n1cc(C(=O)O)cn1.Cn1cc(Nc2nccc(-c3ccc(CCC(=O)c4cnn(C(C)(C)C)c4)c(Cl)c3)n2)cn1.Cn1cc(Nc2nccc(-c3ccc(CNC(=O)OC(C)(C)C)c(Cl)c3)n2)cn1. The van der Waals surface area contributed by atoms with Crippen molar-refractivity contribution in [3.8, 4) is 22.5 Å². The minimum atomic E-state index is -0.939. The Morgan fingerprint density at radius 2 is 1.09 bits per heavy atom. The zero-order valence-corrected chi connectivity index (χ0v) is 44.7. The third-order valence-electron chi connectivity index (χ3n) is 10.5. The van der Waals surface area contributed by atoms with Crippen molar-refractivity contribution in [1.29, 1.82) is 0 Å². The second-order valence-corrected chi connectivity index (χ2v) is 20.8. The van der Waals surface area contributed by atoms with E-state index < -0.39 is 17.7 Å². The number of carboxylic acid groups (broad SMARTS) is 1. The van der Waals surface area contributed by atoms with E-state index in [1.54, 1.807) is 62.0 Å². The van der Waals surface area contributed by atoms with Gasteiger partial charge >= 0.3 is 12.1 Å². The largest absolute Gasteiger partial charge is 0.478 e. The summed E-state index contributed by atoms with van der Waals surface area (Å²) < 4.78 is 12.1. The number of carboxylic acids is 1. The summed E-state index contributed by atoms with van der Waals surface area (Å²) in [5.41, 5.74) is 6.46. The van der Waals surface area contributed by atoms with Crippen LogP contribution in [0.3, 0.4) is 0 Å².